The van der Waals surface area contributed by atoms with Crippen molar-refractivity contribution < 1.29 is 18.3 Å². The molecule has 0 unspecified atom stereocenters. The monoisotopic (exact) mass is 446 g/mol. The number of halogens is 2. The molecule has 32 heavy (non-hydrogen) atoms. The smallest absolute Gasteiger partial charge is 0.303 e. The Morgan fingerprint density at radius 3 is 2.69 bits per heavy atom. The van der Waals surface area contributed by atoms with Gasteiger partial charge in [-0.1, -0.05) is 6.92 Å². The van der Waals surface area contributed by atoms with Crippen LogP contribution in [0.3, 0.4) is 0 Å². The number of nitrogens with one attached hydrogen (secondary N) is 1. The van der Waals surface area contributed by atoms with Crippen molar-refractivity contribution in [1.82, 2.24) is 29.9 Å². The number of carbonyl (C=O) groups is 1. The van der Waals surface area contributed by atoms with Crippen LogP contribution in [0, 0.1) is 0 Å². The van der Waals surface area contributed by atoms with Gasteiger partial charge in [-0.05, 0) is 12.5 Å². The van der Waals surface area contributed by atoms with Crippen molar-refractivity contribution in [3.05, 3.63) is 41.7 Å². The third kappa shape index (κ3) is 5.78. The van der Waals surface area contributed by atoms with Gasteiger partial charge in [0.1, 0.15) is 11.5 Å². The predicted octanol–water partition coefficient (Wildman–Crippen LogP) is 2.22. The summed E-state index contributed by atoms with van der Waals surface area (Å²) in [7, 11) is 1.58. The van der Waals surface area contributed by atoms with Crippen LogP contribution in [0.1, 0.15) is 31.1 Å². The van der Waals surface area contributed by atoms with Gasteiger partial charge < -0.3 is 15.8 Å². The molecule has 0 aliphatic heterocycles. The van der Waals surface area contributed by atoms with Crippen LogP contribution in [0.25, 0.3) is 11.3 Å². The summed E-state index contributed by atoms with van der Waals surface area (Å²) in [4.78, 5) is 25.0. The standard InChI is InChI=1S/C20H24F2N8O2/c1-4-12-9-18(28-19(26-12)20(2,21)22)27-15-7-13(8-17(23)31)24-10-14(15)16-11-25-30(29-16)5-6-32-3/h7,9-11H,4-6,8H2,1-3H3,(H2,23,31)(H,24,26,27,28). The fourth-order valence-corrected chi connectivity index (χ4v) is 2.86. The zero-order valence-electron chi connectivity index (χ0n) is 18.0. The zero-order chi connectivity index (χ0) is 23.3. The lowest BCUT2D eigenvalue weighted by molar-refractivity contribution is -0.117. The number of anilines is 2. The summed E-state index contributed by atoms with van der Waals surface area (Å²) in [6, 6.07) is 3.19. The minimum Gasteiger partial charge on any atom is -0.383 e. The SMILES string of the molecule is CCc1cc(Nc2cc(CC(N)=O)ncc2-c2cnn(CCOC)n2)nc(C(C)(F)F)n1. The average Bonchev–Trinajstić information content (AvgIpc) is 3.19. The Bertz CT molecular complexity index is 1100. The third-order valence-corrected chi connectivity index (χ3v) is 4.42. The number of hydrogen-bond acceptors (Lipinski definition) is 8. The normalized spacial score (nSPS) is 11.5. The summed E-state index contributed by atoms with van der Waals surface area (Å²) >= 11 is 0. The van der Waals surface area contributed by atoms with Crippen molar-refractivity contribution in [2.45, 2.75) is 39.2 Å². The molecule has 0 aromatic carbocycles. The van der Waals surface area contributed by atoms with Crippen molar-refractivity contribution in [2.24, 2.45) is 5.73 Å². The molecule has 0 atom stereocenters. The zero-order valence-corrected chi connectivity index (χ0v) is 18.0. The maximum absolute atomic E-state index is 13.9. The molecule has 0 saturated carbocycles. The van der Waals surface area contributed by atoms with Crippen LogP contribution in [0.15, 0.2) is 24.5 Å². The highest BCUT2D eigenvalue weighted by atomic mass is 19.3. The van der Waals surface area contributed by atoms with Gasteiger partial charge >= 0.3 is 5.92 Å². The molecule has 1 amide bonds. The summed E-state index contributed by atoms with van der Waals surface area (Å²) in [5.41, 5.74) is 7.65. The lowest BCUT2D eigenvalue weighted by Gasteiger charge is -2.15. The van der Waals surface area contributed by atoms with E-state index >= 15 is 0 Å². The maximum atomic E-state index is 13.9. The Labute approximate surface area is 183 Å². The number of carbonyl (C=O) groups excluding carboxylic acids is 1. The third-order valence-electron chi connectivity index (χ3n) is 4.42. The van der Waals surface area contributed by atoms with Gasteiger partial charge in [-0.3, -0.25) is 9.78 Å². The van der Waals surface area contributed by atoms with Crippen LogP contribution in [0.2, 0.25) is 0 Å². The molecule has 170 valence electrons. The lowest BCUT2D eigenvalue weighted by atomic mass is 10.1. The Balaban J connectivity index is 2.03. The van der Waals surface area contributed by atoms with Crippen LogP contribution < -0.4 is 11.1 Å². The molecule has 10 nitrogen and oxygen atoms in total. The van der Waals surface area contributed by atoms with Gasteiger partial charge in [0.15, 0.2) is 0 Å². The summed E-state index contributed by atoms with van der Waals surface area (Å²) in [6.45, 7) is 3.44. The molecule has 3 rings (SSSR count). The van der Waals surface area contributed by atoms with E-state index in [9.17, 15) is 13.6 Å². The molecule has 0 radical (unpaired) electrons. The maximum Gasteiger partial charge on any atom is 0.303 e. The van der Waals surface area contributed by atoms with Crippen LogP contribution in [-0.4, -0.2) is 49.6 Å². The number of methoxy groups -OCH3 is 1. The number of pyridine rings is 1. The summed E-state index contributed by atoms with van der Waals surface area (Å²) in [5.74, 6) is -4.16. The highest BCUT2D eigenvalue weighted by molar-refractivity contribution is 5.80. The van der Waals surface area contributed by atoms with Crippen molar-refractivity contribution in [3.63, 3.8) is 0 Å². The first kappa shape index (κ1) is 23.1. The van der Waals surface area contributed by atoms with E-state index in [-0.39, 0.29) is 12.2 Å². The van der Waals surface area contributed by atoms with Gasteiger partial charge in [-0.25, -0.2) is 9.97 Å². The van der Waals surface area contributed by atoms with Crippen LogP contribution in [-0.2, 0) is 34.8 Å². The highest BCUT2D eigenvalue weighted by Gasteiger charge is 2.29. The average molecular weight is 446 g/mol. The molecule has 3 heterocycles. The van der Waals surface area contributed by atoms with E-state index in [0.717, 1.165) is 6.92 Å². The second kappa shape index (κ2) is 9.73. The first-order chi connectivity index (χ1) is 15.2. The Kier molecular flexibility index (Phi) is 7.03. The second-order valence-electron chi connectivity index (χ2n) is 7.12. The summed E-state index contributed by atoms with van der Waals surface area (Å²) < 4.78 is 32.8. The molecule has 3 aromatic rings. The van der Waals surface area contributed by atoms with Crippen LogP contribution >= 0.6 is 0 Å². The number of aromatic nitrogens is 6. The van der Waals surface area contributed by atoms with E-state index in [2.05, 4.69) is 30.5 Å². The molecule has 3 aromatic heterocycles. The number of amides is 1. The summed E-state index contributed by atoms with van der Waals surface area (Å²) in [6.07, 6.45) is 3.43. The lowest BCUT2D eigenvalue weighted by Crippen LogP contribution is -2.16. The van der Waals surface area contributed by atoms with Crippen molar-refractivity contribution in [3.8, 4) is 11.3 Å². The molecule has 0 aliphatic rings. The predicted molar refractivity (Wildman–Crippen MR) is 112 cm³/mol. The van der Waals surface area contributed by atoms with E-state index in [4.69, 9.17) is 10.5 Å². The van der Waals surface area contributed by atoms with Crippen LogP contribution in [0.4, 0.5) is 20.3 Å². The van der Waals surface area contributed by atoms with Gasteiger partial charge in [0.2, 0.25) is 11.7 Å². The molecule has 0 saturated heterocycles. The van der Waals surface area contributed by atoms with Gasteiger partial charge in [0.25, 0.3) is 0 Å². The van der Waals surface area contributed by atoms with Gasteiger partial charge in [0.05, 0.1) is 37.2 Å². The molecular weight excluding hydrogens is 422 g/mol. The molecule has 0 spiro atoms. The first-order valence-electron chi connectivity index (χ1n) is 9.89. The van der Waals surface area contributed by atoms with Gasteiger partial charge in [0, 0.05) is 37.6 Å². The summed E-state index contributed by atoms with van der Waals surface area (Å²) in [5, 5.41) is 11.6. The van der Waals surface area contributed by atoms with E-state index in [1.165, 1.54) is 11.0 Å². The van der Waals surface area contributed by atoms with Crippen molar-refractivity contribution >= 4 is 17.4 Å². The molecule has 0 fully saturated rings. The minimum absolute atomic E-state index is 0.0856. The largest absolute Gasteiger partial charge is 0.383 e. The van der Waals surface area contributed by atoms with E-state index in [1.807, 2.05) is 6.92 Å². The molecule has 12 heteroatoms. The Morgan fingerprint density at radius 2 is 2.03 bits per heavy atom. The quantitative estimate of drug-likeness (QED) is 0.484. The topological polar surface area (TPSA) is 134 Å². The van der Waals surface area contributed by atoms with E-state index in [1.54, 1.807) is 25.4 Å². The number of rotatable bonds is 10. The number of aryl methyl sites for hydroxylation is 1. The van der Waals surface area contributed by atoms with Gasteiger partial charge in [-0.2, -0.15) is 23.8 Å². The Hall–Kier alpha value is -3.54. The molecule has 0 bridgehead atoms. The number of primary amides is 1. The highest BCUT2D eigenvalue weighted by Crippen LogP contribution is 2.30. The van der Waals surface area contributed by atoms with Crippen molar-refractivity contribution in [2.75, 3.05) is 19.0 Å². The number of ether oxygens (including phenoxy) is 1. The number of hydrogen-bond donors (Lipinski definition) is 2. The Morgan fingerprint density at radius 1 is 1.25 bits per heavy atom. The molecular formula is C20H24F2N8O2. The number of nitrogens with zero attached hydrogens (tertiary/aromatic N) is 6. The van der Waals surface area contributed by atoms with Gasteiger partial charge in [-0.15, -0.1) is 0 Å². The first-order valence-corrected chi connectivity index (χ1v) is 9.89. The van der Waals surface area contributed by atoms with E-state index < -0.39 is 17.7 Å². The van der Waals surface area contributed by atoms with E-state index in [0.29, 0.717) is 47.9 Å². The van der Waals surface area contributed by atoms with Crippen LogP contribution in [0.5, 0.6) is 0 Å². The van der Waals surface area contributed by atoms with Crippen molar-refractivity contribution in [1.29, 1.82) is 0 Å². The fraction of sp³-hybridized carbons (Fsp3) is 0.400. The number of alkyl halides is 2. The fourth-order valence-electron chi connectivity index (χ4n) is 2.86. The minimum atomic E-state index is -3.20. The number of nitrogens with two attached hydrogens (primary N) is 1. The second-order valence-corrected chi connectivity index (χ2v) is 7.12. The molecule has 3 N–H and O–H groups in total. The molecule has 0 aliphatic carbocycles.